The van der Waals surface area contributed by atoms with E-state index in [-0.39, 0.29) is 29.1 Å². The van der Waals surface area contributed by atoms with Crippen LogP contribution in [0.15, 0.2) is 18.5 Å². The van der Waals surface area contributed by atoms with Gasteiger partial charge in [-0.25, -0.2) is 9.78 Å². The third-order valence-corrected chi connectivity index (χ3v) is 2.28. The fourth-order valence-electron chi connectivity index (χ4n) is 1.64. The maximum Gasteiger partial charge on any atom is 0.339 e. The second kappa shape index (κ2) is 5.39. The zero-order valence-corrected chi connectivity index (χ0v) is 12.2. The highest BCUT2D eigenvalue weighted by molar-refractivity contribution is 8.93. The van der Waals surface area contributed by atoms with Gasteiger partial charge in [0.25, 0.3) is 0 Å². The van der Waals surface area contributed by atoms with Crippen LogP contribution >= 0.6 is 17.0 Å². The number of carbonyl (C=O) groups excluding carboxylic acids is 1. The van der Waals surface area contributed by atoms with E-state index in [0.29, 0.717) is 16.9 Å². The van der Waals surface area contributed by atoms with Crippen LogP contribution in [0.5, 0.6) is 0 Å². The molecule has 6 heteroatoms. The molecule has 0 aliphatic carbocycles. The third kappa shape index (κ3) is 2.81. The first-order chi connectivity index (χ1) is 7.97. The lowest BCUT2D eigenvalue weighted by Crippen LogP contribution is -2.12. The molecule has 5 nitrogen and oxygen atoms in total. The molecule has 0 saturated heterocycles. The summed E-state index contributed by atoms with van der Waals surface area (Å²) in [5.74, 6) is -0.375. The quantitative estimate of drug-likeness (QED) is 0.864. The van der Waals surface area contributed by atoms with Gasteiger partial charge in [0.15, 0.2) is 5.65 Å². The van der Waals surface area contributed by atoms with Gasteiger partial charge in [0.05, 0.1) is 23.0 Å². The number of nitrogens with two attached hydrogens (primary N) is 1. The molecule has 0 spiro atoms. The summed E-state index contributed by atoms with van der Waals surface area (Å²) in [6, 6.07) is 1.59. The number of rotatable bonds is 2. The Morgan fingerprint density at radius 1 is 1.44 bits per heavy atom. The summed E-state index contributed by atoms with van der Waals surface area (Å²) in [5.41, 5.74) is 8.26. The van der Waals surface area contributed by atoms with Gasteiger partial charge in [0.2, 0.25) is 0 Å². The Hall–Kier alpha value is -1.56. The van der Waals surface area contributed by atoms with Crippen molar-refractivity contribution in [2.45, 2.75) is 26.9 Å². The number of hydrogen-bond acceptors (Lipinski definition) is 4. The molecule has 0 unspecified atom stereocenters. The Balaban J connectivity index is 0.00000162. The predicted molar refractivity (Wildman–Crippen MR) is 75.2 cm³/mol. The van der Waals surface area contributed by atoms with E-state index in [2.05, 4.69) is 4.98 Å². The summed E-state index contributed by atoms with van der Waals surface area (Å²) in [7, 11) is 0. The summed E-state index contributed by atoms with van der Waals surface area (Å²) in [6.07, 6.45) is 3.35. The van der Waals surface area contributed by atoms with Crippen LogP contribution < -0.4 is 5.73 Å². The topological polar surface area (TPSA) is 69.6 Å². The Kier molecular flexibility index (Phi) is 4.34. The van der Waals surface area contributed by atoms with Gasteiger partial charge in [-0.1, -0.05) is 0 Å². The number of anilines is 1. The number of nitrogens with zero attached hydrogens (tertiary/aromatic N) is 2. The molecule has 18 heavy (non-hydrogen) atoms. The number of aryl methyl sites for hydroxylation is 1. The standard InChI is InChI=1S/C12H15N3O2.BrH/c1-7(2)17-12(16)9-4-10(13)11-14-8(3)5-15(11)6-9;/h4-7H,13H2,1-3H3;1H. The summed E-state index contributed by atoms with van der Waals surface area (Å²) in [6.45, 7) is 5.49. The number of hydrogen-bond donors (Lipinski definition) is 1. The van der Waals surface area contributed by atoms with Crippen molar-refractivity contribution < 1.29 is 9.53 Å². The first-order valence-electron chi connectivity index (χ1n) is 5.43. The smallest absolute Gasteiger partial charge is 0.339 e. The van der Waals surface area contributed by atoms with Gasteiger partial charge in [-0.3, -0.25) is 0 Å². The fraction of sp³-hybridized carbons (Fsp3) is 0.333. The highest BCUT2D eigenvalue weighted by Gasteiger charge is 2.12. The first kappa shape index (κ1) is 14.5. The second-order valence-electron chi connectivity index (χ2n) is 4.25. The molecule has 0 aliphatic heterocycles. The van der Waals surface area contributed by atoms with Gasteiger partial charge < -0.3 is 14.9 Å². The van der Waals surface area contributed by atoms with E-state index >= 15 is 0 Å². The van der Waals surface area contributed by atoms with E-state index in [1.165, 1.54) is 0 Å². The number of aromatic nitrogens is 2. The molecule has 2 N–H and O–H groups in total. The van der Waals surface area contributed by atoms with Crippen LogP contribution in [0.4, 0.5) is 5.69 Å². The van der Waals surface area contributed by atoms with Gasteiger partial charge in [0, 0.05) is 12.4 Å². The molecule has 0 aromatic carbocycles. The molecule has 2 rings (SSSR count). The van der Waals surface area contributed by atoms with Gasteiger partial charge in [-0.15, -0.1) is 17.0 Å². The minimum absolute atomic E-state index is 0. The summed E-state index contributed by atoms with van der Waals surface area (Å²) in [4.78, 5) is 16.0. The molecule has 0 fully saturated rings. The first-order valence-corrected chi connectivity index (χ1v) is 5.43. The van der Waals surface area contributed by atoms with Crippen molar-refractivity contribution >= 4 is 34.3 Å². The highest BCUT2D eigenvalue weighted by atomic mass is 79.9. The summed E-state index contributed by atoms with van der Waals surface area (Å²) < 4.78 is 6.86. The molecule has 0 bridgehead atoms. The van der Waals surface area contributed by atoms with Crippen molar-refractivity contribution in [3.05, 3.63) is 29.7 Å². The molecule has 0 radical (unpaired) electrons. The number of fused-ring (bicyclic) bond motifs is 1. The van der Waals surface area contributed by atoms with Gasteiger partial charge >= 0.3 is 5.97 Å². The largest absolute Gasteiger partial charge is 0.459 e. The average Bonchev–Trinajstić information content (AvgIpc) is 2.58. The number of carbonyl (C=O) groups is 1. The van der Waals surface area contributed by atoms with Crippen LogP contribution in [0, 0.1) is 6.92 Å². The minimum atomic E-state index is -0.375. The third-order valence-electron chi connectivity index (χ3n) is 2.28. The Morgan fingerprint density at radius 2 is 2.11 bits per heavy atom. The molecule has 2 aromatic heterocycles. The van der Waals surface area contributed by atoms with Gasteiger partial charge in [0.1, 0.15) is 0 Å². The maximum absolute atomic E-state index is 11.7. The van der Waals surface area contributed by atoms with E-state index in [0.717, 1.165) is 5.69 Å². The summed E-state index contributed by atoms with van der Waals surface area (Å²) in [5, 5.41) is 0. The Bertz CT molecular complexity index is 578. The molecule has 0 atom stereocenters. The molecule has 0 aliphatic rings. The lowest BCUT2D eigenvalue weighted by atomic mass is 10.2. The molecule has 98 valence electrons. The van der Waals surface area contributed by atoms with Crippen molar-refractivity contribution in [3.63, 3.8) is 0 Å². The Labute approximate surface area is 116 Å². The van der Waals surface area contributed by atoms with Crippen LogP contribution in [-0.2, 0) is 4.74 Å². The van der Waals surface area contributed by atoms with E-state index in [4.69, 9.17) is 10.5 Å². The van der Waals surface area contributed by atoms with Crippen LogP contribution in [-0.4, -0.2) is 21.5 Å². The molecule has 0 amide bonds. The van der Waals surface area contributed by atoms with Crippen molar-refractivity contribution in [2.75, 3.05) is 5.73 Å². The van der Waals surface area contributed by atoms with Crippen LogP contribution in [0.2, 0.25) is 0 Å². The van der Waals surface area contributed by atoms with E-state index in [1.54, 1.807) is 30.5 Å². The number of imidazole rings is 1. The van der Waals surface area contributed by atoms with Gasteiger partial charge in [-0.2, -0.15) is 0 Å². The van der Waals surface area contributed by atoms with Crippen LogP contribution in [0.1, 0.15) is 29.9 Å². The molecular formula is C12H16BrN3O2. The number of pyridine rings is 1. The maximum atomic E-state index is 11.7. The zero-order valence-electron chi connectivity index (χ0n) is 10.5. The molecular weight excluding hydrogens is 298 g/mol. The number of halogens is 1. The number of ether oxygens (including phenoxy) is 1. The highest BCUT2D eigenvalue weighted by Crippen LogP contribution is 2.16. The molecule has 2 aromatic rings. The van der Waals surface area contributed by atoms with Crippen LogP contribution in [0.25, 0.3) is 5.65 Å². The average molecular weight is 314 g/mol. The van der Waals surface area contributed by atoms with Gasteiger partial charge in [-0.05, 0) is 26.8 Å². The summed E-state index contributed by atoms with van der Waals surface area (Å²) >= 11 is 0. The molecule has 2 heterocycles. The molecule has 0 saturated carbocycles. The monoisotopic (exact) mass is 313 g/mol. The van der Waals surface area contributed by atoms with E-state index < -0.39 is 0 Å². The van der Waals surface area contributed by atoms with Crippen molar-refractivity contribution in [3.8, 4) is 0 Å². The van der Waals surface area contributed by atoms with Crippen LogP contribution in [0.3, 0.4) is 0 Å². The fourth-order valence-corrected chi connectivity index (χ4v) is 1.64. The van der Waals surface area contributed by atoms with Crippen molar-refractivity contribution in [1.29, 1.82) is 0 Å². The van der Waals surface area contributed by atoms with Crippen molar-refractivity contribution in [1.82, 2.24) is 9.38 Å². The lowest BCUT2D eigenvalue weighted by molar-refractivity contribution is 0.0377. The SMILES string of the molecule is Br.Cc1cn2cc(C(=O)OC(C)C)cc(N)c2n1. The predicted octanol–water partition coefficient (Wildman–Crippen LogP) is 2.37. The van der Waals surface area contributed by atoms with E-state index in [1.807, 2.05) is 13.1 Å². The number of esters is 1. The van der Waals surface area contributed by atoms with Crippen molar-refractivity contribution in [2.24, 2.45) is 0 Å². The minimum Gasteiger partial charge on any atom is -0.459 e. The number of nitrogen functional groups attached to an aromatic ring is 1. The lowest BCUT2D eigenvalue weighted by Gasteiger charge is -2.08. The normalized spacial score (nSPS) is 10.4. The zero-order chi connectivity index (χ0) is 12.6. The second-order valence-corrected chi connectivity index (χ2v) is 4.25. The Morgan fingerprint density at radius 3 is 2.72 bits per heavy atom. The van der Waals surface area contributed by atoms with E-state index in [9.17, 15) is 4.79 Å².